The molecule has 102 valence electrons. The molecule has 0 spiro atoms. The van der Waals surface area contributed by atoms with Crippen LogP contribution in [-0.2, 0) is 12.8 Å². The van der Waals surface area contributed by atoms with Crippen LogP contribution in [0.2, 0.25) is 0 Å². The van der Waals surface area contributed by atoms with E-state index in [1.54, 1.807) is 6.33 Å². The molecule has 1 N–H and O–H groups in total. The van der Waals surface area contributed by atoms with Gasteiger partial charge in [0.2, 0.25) is 0 Å². The highest BCUT2D eigenvalue weighted by atomic mass is 15.3. The van der Waals surface area contributed by atoms with Gasteiger partial charge in [0.15, 0.2) is 0 Å². The Balaban J connectivity index is 2.05. The molecule has 0 aliphatic rings. The average Bonchev–Trinajstić information content (AvgIpc) is 2.87. The van der Waals surface area contributed by atoms with Crippen molar-refractivity contribution < 1.29 is 0 Å². The van der Waals surface area contributed by atoms with Crippen LogP contribution >= 0.6 is 0 Å². The fourth-order valence-corrected chi connectivity index (χ4v) is 2.15. The summed E-state index contributed by atoms with van der Waals surface area (Å²) in [5.41, 5.74) is 1.28. The number of pyridine rings is 1. The van der Waals surface area contributed by atoms with Gasteiger partial charge < -0.3 is 5.32 Å². The highest BCUT2D eigenvalue weighted by molar-refractivity contribution is 5.12. The normalized spacial score (nSPS) is 12.8. The molecule has 0 fully saturated rings. The first-order valence-electron chi connectivity index (χ1n) is 6.65. The van der Waals surface area contributed by atoms with Gasteiger partial charge in [-0.2, -0.15) is 5.10 Å². The van der Waals surface area contributed by atoms with Gasteiger partial charge in [-0.25, -0.2) is 9.67 Å². The van der Waals surface area contributed by atoms with E-state index in [4.69, 9.17) is 0 Å². The fraction of sp³-hybridized carbons (Fsp3) is 0.500. The fourth-order valence-electron chi connectivity index (χ4n) is 2.15. The van der Waals surface area contributed by atoms with E-state index >= 15 is 0 Å². The quantitative estimate of drug-likeness (QED) is 0.856. The SMILES string of the molecule is CNC(Cc1ccncc1)Cc1ncnn1C(C)C. The van der Waals surface area contributed by atoms with Crippen molar-refractivity contribution in [2.75, 3.05) is 7.05 Å². The van der Waals surface area contributed by atoms with Crippen LogP contribution in [-0.4, -0.2) is 32.8 Å². The first-order valence-corrected chi connectivity index (χ1v) is 6.65. The lowest BCUT2D eigenvalue weighted by molar-refractivity contribution is 0.470. The smallest absolute Gasteiger partial charge is 0.138 e. The van der Waals surface area contributed by atoms with Gasteiger partial charge in [0.25, 0.3) is 0 Å². The Labute approximate surface area is 114 Å². The number of nitrogens with one attached hydrogen (secondary N) is 1. The third-order valence-electron chi connectivity index (χ3n) is 3.21. The summed E-state index contributed by atoms with van der Waals surface area (Å²) in [5.74, 6) is 1.03. The predicted molar refractivity (Wildman–Crippen MR) is 74.9 cm³/mol. The van der Waals surface area contributed by atoms with Crippen molar-refractivity contribution in [2.45, 2.75) is 38.8 Å². The Morgan fingerprint density at radius 1 is 1.21 bits per heavy atom. The first-order chi connectivity index (χ1) is 9.20. The molecule has 0 aliphatic carbocycles. The maximum atomic E-state index is 4.37. The molecule has 2 rings (SSSR count). The Hall–Kier alpha value is -1.75. The van der Waals surface area contributed by atoms with Gasteiger partial charge >= 0.3 is 0 Å². The third-order valence-corrected chi connectivity index (χ3v) is 3.21. The number of nitrogens with zero attached hydrogens (tertiary/aromatic N) is 4. The molecule has 0 aromatic carbocycles. The second-order valence-corrected chi connectivity index (χ2v) is 4.96. The van der Waals surface area contributed by atoms with Crippen molar-refractivity contribution in [1.29, 1.82) is 0 Å². The van der Waals surface area contributed by atoms with Crippen LogP contribution in [0.5, 0.6) is 0 Å². The Bertz CT molecular complexity index is 492. The molecular formula is C14H21N5. The van der Waals surface area contributed by atoms with E-state index < -0.39 is 0 Å². The molecule has 0 saturated heterocycles. The monoisotopic (exact) mass is 259 g/mol. The molecule has 2 aromatic heterocycles. The zero-order valence-corrected chi connectivity index (χ0v) is 11.7. The number of hydrogen-bond donors (Lipinski definition) is 1. The summed E-state index contributed by atoms with van der Waals surface area (Å²) < 4.78 is 1.98. The Morgan fingerprint density at radius 2 is 1.95 bits per heavy atom. The molecule has 1 unspecified atom stereocenters. The van der Waals surface area contributed by atoms with Crippen LogP contribution in [0, 0.1) is 0 Å². The number of likely N-dealkylation sites (N-methyl/N-ethyl adjacent to an activating group) is 1. The van der Waals surface area contributed by atoms with E-state index in [-0.39, 0.29) is 0 Å². The molecule has 19 heavy (non-hydrogen) atoms. The average molecular weight is 259 g/mol. The molecule has 5 nitrogen and oxygen atoms in total. The summed E-state index contributed by atoms with van der Waals surface area (Å²) >= 11 is 0. The lowest BCUT2D eigenvalue weighted by atomic mass is 10.0. The van der Waals surface area contributed by atoms with Crippen LogP contribution in [0.25, 0.3) is 0 Å². The topological polar surface area (TPSA) is 55.6 Å². The van der Waals surface area contributed by atoms with E-state index in [1.807, 2.05) is 24.1 Å². The summed E-state index contributed by atoms with van der Waals surface area (Å²) in [4.78, 5) is 8.41. The number of aromatic nitrogens is 4. The van der Waals surface area contributed by atoms with Crippen molar-refractivity contribution in [3.8, 4) is 0 Å². The van der Waals surface area contributed by atoms with Crippen LogP contribution in [0.3, 0.4) is 0 Å². The van der Waals surface area contributed by atoms with Crippen molar-refractivity contribution in [1.82, 2.24) is 25.1 Å². The molecule has 0 saturated carbocycles. The summed E-state index contributed by atoms with van der Waals surface area (Å²) in [7, 11) is 1.99. The second-order valence-electron chi connectivity index (χ2n) is 4.96. The van der Waals surface area contributed by atoms with Gasteiger partial charge in [0, 0.05) is 30.9 Å². The van der Waals surface area contributed by atoms with E-state index in [0.29, 0.717) is 12.1 Å². The van der Waals surface area contributed by atoms with Crippen LogP contribution in [0.4, 0.5) is 0 Å². The van der Waals surface area contributed by atoms with Gasteiger partial charge in [-0.05, 0) is 45.0 Å². The minimum absolute atomic E-state index is 0.343. The number of rotatable bonds is 6. The van der Waals surface area contributed by atoms with Gasteiger partial charge in [-0.15, -0.1) is 0 Å². The van der Waals surface area contributed by atoms with Crippen LogP contribution in [0.15, 0.2) is 30.9 Å². The largest absolute Gasteiger partial charge is 0.316 e. The molecule has 0 aliphatic heterocycles. The maximum Gasteiger partial charge on any atom is 0.138 e. The molecule has 0 amide bonds. The third kappa shape index (κ3) is 3.61. The summed E-state index contributed by atoms with van der Waals surface area (Å²) in [6.45, 7) is 4.24. The molecule has 0 radical (unpaired) electrons. The van der Waals surface area contributed by atoms with Gasteiger partial charge in [0.05, 0.1) is 0 Å². The highest BCUT2D eigenvalue weighted by Gasteiger charge is 2.14. The van der Waals surface area contributed by atoms with Crippen LogP contribution < -0.4 is 5.32 Å². The number of hydrogen-bond acceptors (Lipinski definition) is 4. The standard InChI is InChI=1S/C14H21N5/c1-11(2)19-14(17-10-18-19)9-13(15-3)8-12-4-6-16-7-5-12/h4-7,10-11,13,15H,8-9H2,1-3H3. The first kappa shape index (κ1) is 13.7. The lowest BCUT2D eigenvalue weighted by Gasteiger charge is -2.17. The second kappa shape index (κ2) is 6.43. The van der Waals surface area contributed by atoms with E-state index in [1.165, 1.54) is 5.56 Å². The zero-order valence-electron chi connectivity index (χ0n) is 11.7. The molecule has 1 atom stereocenters. The van der Waals surface area contributed by atoms with Gasteiger partial charge in [0.1, 0.15) is 12.2 Å². The maximum absolute atomic E-state index is 4.37. The molecule has 5 heteroatoms. The lowest BCUT2D eigenvalue weighted by Crippen LogP contribution is -2.31. The van der Waals surface area contributed by atoms with Gasteiger partial charge in [-0.1, -0.05) is 0 Å². The Morgan fingerprint density at radius 3 is 2.58 bits per heavy atom. The zero-order chi connectivity index (χ0) is 13.7. The summed E-state index contributed by atoms with van der Waals surface area (Å²) in [6, 6.07) is 4.80. The van der Waals surface area contributed by atoms with Gasteiger partial charge in [-0.3, -0.25) is 4.98 Å². The van der Waals surface area contributed by atoms with Crippen LogP contribution in [0.1, 0.15) is 31.3 Å². The molecular weight excluding hydrogens is 238 g/mol. The predicted octanol–water partition coefficient (Wildman–Crippen LogP) is 1.63. The summed E-state index contributed by atoms with van der Waals surface area (Å²) in [5, 5.41) is 7.63. The molecule has 2 heterocycles. The van der Waals surface area contributed by atoms with E-state index in [2.05, 4.69) is 46.4 Å². The van der Waals surface area contributed by atoms with E-state index in [9.17, 15) is 0 Å². The minimum Gasteiger partial charge on any atom is -0.316 e. The summed E-state index contributed by atoms with van der Waals surface area (Å²) in [6.07, 6.45) is 7.13. The van der Waals surface area contributed by atoms with Crippen molar-refractivity contribution in [2.24, 2.45) is 0 Å². The van der Waals surface area contributed by atoms with E-state index in [0.717, 1.165) is 18.7 Å². The van der Waals surface area contributed by atoms with Crippen molar-refractivity contribution in [3.05, 3.63) is 42.2 Å². The van der Waals surface area contributed by atoms with Crippen molar-refractivity contribution >= 4 is 0 Å². The van der Waals surface area contributed by atoms with Crippen molar-refractivity contribution in [3.63, 3.8) is 0 Å². The molecule has 2 aromatic rings. The Kier molecular flexibility index (Phi) is 4.63. The minimum atomic E-state index is 0.343. The molecule has 0 bridgehead atoms. The highest BCUT2D eigenvalue weighted by Crippen LogP contribution is 2.10.